The number of ether oxygens (including phenoxy) is 2. The Bertz CT molecular complexity index is 607. The lowest BCUT2D eigenvalue weighted by Gasteiger charge is -2.40. The molecule has 2 aliphatic carbocycles. The molecule has 0 aromatic rings. The normalized spacial score (nSPS) is 36.2. The van der Waals surface area contributed by atoms with E-state index in [0.717, 1.165) is 12.8 Å². The van der Waals surface area contributed by atoms with Crippen LogP contribution in [0.2, 0.25) is 0 Å². The predicted octanol–water partition coefficient (Wildman–Crippen LogP) is 2.05. The molecule has 4 atom stereocenters. The van der Waals surface area contributed by atoms with Gasteiger partial charge >= 0.3 is 5.97 Å². The summed E-state index contributed by atoms with van der Waals surface area (Å²) >= 11 is 0. The van der Waals surface area contributed by atoms with Crippen molar-refractivity contribution in [2.75, 3.05) is 26.3 Å². The first-order chi connectivity index (χ1) is 11.9. The van der Waals surface area contributed by atoms with Crippen molar-refractivity contribution in [2.24, 2.45) is 23.7 Å². The Kier molecular flexibility index (Phi) is 4.15. The summed E-state index contributed by atoms with van der Waals surface area (Å²) in [6.07, 6.45) is 3.19. The van der Waals surface area contributed by atoms with Crippen molar-refractivity contribution in [1.29, 1.82) is 0 Å². The minimum Gasteiger partial charge on any atom is -0.481 e. The molecule has 2 saturated heterocycles. The molecule has 1 N–H and O–H groups in total. The number of nitrogens with zero attached hydrogens (tertiary/aromatic N) is 1. The second-order valence-electron chi connectivity index (χ2n) is 8.07. The van der Waals surface area contributed by atoms with Gasteiger partial charge in [0.2, 0.25) is 5.91 Å². The van der Waals surface area contributed by atoms with Crippen LogP contribution in [0.1, 0.15) is 39.5 Å². The van der Waals surface area contributed by atoms with Gasteiger partial charge in [-0.2, -0.15) is 0 Å². The van der Waals surface area contributed by atoms with E-state index in [-0.39, 0.29) is 17.7 Å². The van der Waals surface area contributed by atoms with Crippen LogP contribution in [0, 0.1) is 23.7 Å². The Morgan fingerprint density at radius 3 is 2.12 bits per heavy atom. The number of hydrogen-bond donors (Lipinski definition) is 1. The molecule has 4 fully saturated rings. The molecule has 1 spiro atoms. The monoisotopic (exact) mass is 349 g/mol. The molecule has 1 amide bonds. The maximum absolute atomic E-state index is 13.2. The molecule has 6 nitrogen and oxygen atoms in total. The summed E-state index contributed by atoms with van der Waals surface area (Å²) in [6.45, 7) is 6.50. The van der Waals surface area contributed by atoms with Gasteiger partial charge < -0.3 is 19.5 Å². The fraction of sp³-hybridized carbons (Fsp3) is 0.789. The average molecular weight is 349 g/mol. The minimum absolute atomic E-state index is 0.0196. The van der Waals surface area contributed by atoms with Gasteiger partial charge in [-0.05, 0) is 38.5 Å². The number of piperidine rings is 1. The maximum Gasteiger partial charge on any atom is 0.307 e. The molecule has 6 heteroatoms. The largest absolute Gasteiger partial charge is 0.481 e. The van der Waals surface area contributed by atoms with Crippen LogP contribution < -0.4 is 0 Å². The fourth-order valence-electron chi connectivity index (χ4n) is 5.65. The highest BCUT2D eigenvalue weighted by Crippen LogP contribution is 2.57. The van der Waals surface area contributed by atoms with Crippen LogP contribution in [0.25, 0.3) is 0 Å². The highest BCUT2D eigenvalue weighted by atomic mass is 16.7. The van der Waals surface area contributed by atoms with Crippen LogP contribution in [0.4, 0.5) is 0 Å². The first-order valence-electron chi connectivity index (χ1n) is 9.40. The number of allylic oxidation sites excluding steroid dienone is 2. The van der Waals surface area contributed by atoms with E-state index in [4.69, 9.17) is 9.47 Å². The van der Waals surface area contributed by atoms with Gasteiger partial charge in [0.1, 0.15) is 0 Å². The Labute approximate surface area is 148 Å². The van der Waals surface area contributed by atoms with Crippen LogP contribution in [0.3, 0.4) is 0 Å². The summed E-state index contributed by atoms with van der Waals surface area (Å²) in [4.78, 5) is 27.0. The molecule has 0 aromatic carbocycles. The van der Waals surface area contributed by atoms with E-state index in [1.54, 1.807) is 0 Å². The van der Waals surface area contributed by atoms with Crippen LogP contribution in [0.5, 0.6) is 0 Å². The van der Waals surface area contributed by atoms with Crippen molar-refractivity contribution < 1.29 is 24.2 Å². The lowest BCUT2D eigenvalue weighted by Crippen LogP contribution is -2.51. The lowest BCUT2D eigenvalue weighted by molar-refractivity contribution is -0.189. The van der Waals surface area contributed by atoms with Gasteiger partial charge in [0.05, 0.1) is 25.0 Å². The molecule has 138 valence electrons. The van der Waals surface area contributed by atoms with Gasteiger partial charge in [-0.15, -0.1) is 0 Å². The smallest absolute Gasteiger partial charge is 0.307 e. The third-order valence-electron chi connectivity index (χ3n) is 6.64. The van der Waals surface area contributed by atoms with Crippen LogP contribution in [-0.2, 0) is 19.1 Å². The number of carbonyl (C=O) groups is 2. The van der Waals surface area contributed by atoms with Crippen molar-refractivity contribution in [1.82, 2.24) is 4.90 Å². The fourth-order valence-corrected chi connectivity index (χ4v) is 5.65. The first kappa shape index (κ1) is 17.0. The van der Waals surface area contributed by atoms with Gasteiger partial charge in [0.15, 0.2) is 5.79 Å². The third kappa shape index (κ3) is 2.61. The van der Waals surface area contributed by atoms with E-state index >= 15 is 0 Å². The number of carboxylic acids is 1. The van der Waals surface area contributed by atoms with E-state index in [2.05, 4.69) is 0 Å². The third-order valence-corrected chi connectivity index (χ3v) is 6.64. The lowest BCUT2D eigenvalue weighted by atomic mass is 9.78. The standard InChI is InChI=1S/C19H27NO5/c1-11(2)14-12-3-4-13(14)16(18(22)23)15(12)17(21)20-7-5-19(6-8-20)24-9-10-25-19/h12-13,15-16H,3-10H2,1-2H3,(H,22,23)/t12-,13-,15+,16+/m1/s1. The zero-order valence-electron chi connectivity index (χ0n) is 15.0. The van der Waals surface area contributed by atoms with Gasteiger partial charge in [-0.25, -0.2) is 0 Å². The number of rotatable bonds is 2. The van der Waals surface area contributed by atoms with Crippen molar-refractivity contribution >= 4 is 11.9 Å². The predicted molar refractivity (Wildman–Crippen MR) is 89.7 cm³/mol. The Morgan fingerprint density at radius 2 is 1.60 bits per heavy atom. The molecule has 2 heterocycles. The van der Waals surface area contributed by atoms with Gasteiger partial charge in [0.25, 0.3) is 0 Å². The number of aliphatic carboxylic acids is 1. The van der Waals surface area contributed by atoms with Crippen LogP contribution in [-0.4, -0.2) is 54.0 Å². The number of amides is 1. The molecule has 2 aliphatic heterocycles. The van der Waals surface area contributed by atoms with E-state index in [1.165, 1.54) is 11.1 Å². The Morgan fingerprint density at radius 1 is 1.04 bits per heavy atom. The molecule has 25 heavy (non-hydrogen) atoms. The van der Waals surface area contributed by atoms with Gasteiger partial charge in [0, 0.05) is 25.9 Å². The zero-order valence-corrected chi connectivity index (χ0v) is 15.0. The molecule has 4 aliphatic rings. The summed E-state index contributed by atoms with van der Waals surface area (Å²) in [7, 11) is 0. The number of fused-ring (bicyclic) bond motifs is 2. The summed E-state index contributed by atoms with van der Waals surface area (Å²) in [5, 5.41) is 9.79. The highest BCUT2D eigenvalue weighted by molar-refractivity contribution is 5.87. The van der Waals surface area contributed by atoms with E-state index < -0.39 is 23.6 Å². The maximum atomic E-state index is 13.2. The van der Waals surface area contributed by atoms with Crippen molar-refractivity contribution in [3.05, 3.63) is 11.1 Å². The van der Waals surface area contributed by atoms with E-state index in [1.807, 2.05) is 18.7 Å². The number of carboxylic acid groups (broad SMARTS) is 1. The number of likely N-dealkylation sites (tertiary alicyclic amines) is 1. The van der Waals surface area contributed by atoms with Crippen molar-refractivity contribution in [3.8, 4) is 0 Å². The summed E-state index contributed by atoms with van der Waals surface area (Å²) in [5.74, 6) is -2.13. The second kappa shape index (κ2) is 6.09. The van der Waals surface area contributed by atoms with E-state index in [9.17, 15) is 14.7 Å². The Hall–Kier alpha value is -1.40. The molecule has 0 unspecified atom stereocenters. The molecular formula is C19H27NO5. The first-order valence-corrected chi connectivity index (χ1v) is 9.40. The number of carbonyl (C=O) groups excluding carboxylic acids is 1. The van der Waals surface area contributed by atoms with Gasteiger partial charge in [-0.3, -0.25) is 9.59 Å². The minimum atomic E-state index is -0.819. The van der Waals surface area contributed by atoms with Crippen molar-refractivity contribution in [2.45, 2.75) is 45.3 Å². The molecule has 4 rings (SSSR count). The second-order valence-corrected chi connectivity index (χ2v) is 8.07. The van der Waals surface area contributed by atoms with Crippen molar-refractivity contribution in [3.63, 3.8) is 0 Å². The number of hydrogen-bond acceptors (Lipinski definition) is 4. The molecule has 2 saturated carbocycles. The summed E-state index contributed by atoms with van der Waals surface area (Å²) < 4.78 is 11.5. The SMILES string of the molecule is CC(C)=C1[C@H]2CC[C@H]1[C@H](C(=O)N1CCC3(CC1)OCCO3)[C@H]2C(=O)O. The summed E-state index contributed by atoms with van der Waals surface area (Å²) in [6, 6.07) is 0. The topological polar surface area (TPSA) is 76.1 Å². The average Bonchev–Trinajstić information content (AvgIpc) is 3.28. The highest BCUT2D eigenvalue weighted by Gasteiger charge is 2.58. The molecule has 0 radical (unpaired) electrons. The molecule has 0 aromatic heterocycles. The Balaban J connectivity index is 1.53. The zero-order chi connectivity index (χ0) is 17.8. The molecular weight excluding hydrogens is 322 g/mol. The molecule has 2 bridgehead atoms. The van der Waals surface area contributed by atoms with Crippen LogP contribution >= 0.6 is 0 Å². The quantitative estimate of drug-likeness (QED) is 0.772. The van der Waals surface area contributed by atoms with E-state index in [0.29, 0.717) is 39.1 Å². The van der Waals surface area contributed by atoms with Gasteiger partial charge in [-0.1, -0.05) is 11.1 Å². The van der Waals surface area contributed by atoms with Crippen LogP contribution in [0.15, 0.2) is 11.1 Å². The summed E-state index contributed by atoms with van der Waals surface area (Å²) in [5.41, 5.74) is 2.43.